The maximum absolute atomic E-state index is 11.0. The molecule has 2 rings (SSSR count). The molecule has 1 aromatic heterocycles. The number of aromatic nitrogens is 1. The van der Waals surface area contributed by atoms with E-state index in [-0.39, 0.29) is 12.2 Å². The van der Waals surface area contributed by atoms with E-state index in [4.69, 9.17) is 9.84 Å². The fourth-order valence-electron chi connectivity index (χ4n) is 1.44. The van der Waals surface area contributed by atoms with Crippen LogP contribution in [-0.2, 0) is 6.61 Å². The lowest BCUT2D eigenvalue weighted by atomic mass is 10.2. The molecule has 5 heteroatoms. The van der Waals surface area contributed by atoms with Crippen LogP contribution in [0.4, 0.5) is 0 Å². The van der Waals surface area contributed by atoms with Gasteiger partial charge in [-0.2, -0.15) is 0 Å². The van der Waals surface area contributed by atoms with Gasteiger partial charge in [-0.3, -0.25) is 4.98 Å². The molecular weight excluding hydrogens is 298 g/mol. The van der Waals surface area contributed by atoms with Crippen LogP contribution in [0.3, 0.4) is 0 Å². The normalized spacial score (nSPS) is 10.1. The SMILES string of the molecule is O=C(O)c1ccc(Br)cc1OCc1cccnc1. The van der Waals surface area contributed by atoms with Crippen molar-refractivity contribution in [3.8, 4) is 5.75 Å². The standard InChI is InChI=1S/C13H10BrNO3/c14-10-3-4-11(13(16)17)12(6-10)18-8-9-2-1-5-15-7-9/h1-7H,8H2,(H,16,17). The number of halogens is 1. The monoisotopic (exact) mass is 307 g/mol. The van der Waals surface area contributed by atoms with Crippen molar-refractivity contribution in [3.05, 3.63) is 58.3 Å². The predicted molar refractivity (Wildman–Crippen MR) is 69.7 cm³/mol. The second-order valence-corrected chi connectivity index (χ2v) is 4.51. The molecule has 0 radical (unpaired) electrons. The smallest absolute Gasteiger partial charge is 0.339 e. The summed E-state index contributed by atoms with van der Waals surface area (Å²) < 4.78 is 6.29. The average molecular weight is 308 g/mol. The molecule has 0 aliphatic carbocycles. The number of pyridine rings is 1. The minimum absolute atomic E-state index is 0.141. The van der Waals surface area contributed by atoms with Crippen molar-refractivity contribution in [1.82, 2.24) is 4.98 Å². The van der Waals surface area contributed by atoms with Crippen molar-refractivity contribution < 1.29 is 14.6 Å². The maximum Gasteiger partial charge on any atom is 0.339 e. The summed E-state index contributed by atoms with van der Waals surface area (Å²) in [6.45, 7) is 0.282. The maximum atomic E-state index is 11.0. The highest BCUT2D eigenvalue weighted by molar-refractivity contribution is 9.10. The highest BCUT2D eigenvalue weighted by atomic mass is 79.9. The lowest BCUT2D eigenvalue weighted by Crippen LogP contribution is -2.03. The zero-order chi connectivity index (χ0) is 13.0. The summed E-state index contributed by atoms with van der Waals surface area (Å²) >= 11 is 3.29. The third-order valence-corrected chi connectivity index (χ3v) is 2.78. The fraction of sp³-hybridized carbons (Fsp3) is 0.0769. The largest absolute Gasteiger partial charge is 0.488 e. The van der Waals surface area contributed by atoms with E-state index in [1.807, 2.05) is 6.07 Å². The van der Waals surface area contributed by atoms with Gasteiger partial charge in [0.25, 0.3) is 0 Å². The second-order valence-electron chi connectivity index (χ2n) is 3.60. The molecule has 92 valence electrons. The Hall–Kier alpha value is -1.88. The molecule has 0 spiro atoms. The number of carboxylic acids is 1. The Kier molecular flexibility index (Phi) is 3.94. The Morgan fingerprint density at radius 1 is 1.39 bits per heavy atom. The van der Waals surface area contributed by atoms with E-state index in [1.165, 1.54) is 6.07 Å². The van der Waals surface area contributed by atoms with Gasteiger partial charge < -0.3 is 9.84 Å². The quantitative estimate of drug-likeness (QED) is 0.943. The first kappa shape index (κ1) is 12.6. The van der Waals surface area contributed by atoms with Gasteiger partial charge >= 0.3 is 5.97 Å². The number of nitrogens with zero attached hydrogens (tertiary/aromatic N) is 1. The zero-order valence-corrected chi connectivity index (χ0v) is 10.9. The minimum Gasteiger partial charge on any atom is -0.488 e. The van der Waals surface area contributed by atoms with Gasteiger partial charge in [0.05, 0.1) is 0 Å². The van der Waals surface area contributed by atoms with Gasteiger partial charge in [-0.15, -0.1) is 0 Å². The number of benzene rings is 1. The molecule has 4 nitrogen and oxygen atoms in total. The number of aromatic carboxylic acids is 1. The molecule has 0 fully saturated rings. The zero-order valence-electron chi connectivity index (χ0n) is 9.34. The lowest BCUT2D eigenvalue weighted by molar-refractivity contribution is 0.0691. The predicted octanol–water partition coefficient (Wildman–Crippen LogP) is 3.12. The van der Waals surface area contributed by atoms with Gasteiger partial charge in [-0.25, -0.2) is 4.79 Å². The van der Waals surface area contributed by atoms with Crippen molar-refractivity contribution in [2.24, 2.45) is 0 Å². The number of rotatable bonds is 4. The summed E-state index contributed by atoms with van der Waals surface area (Å²) in [6.07, 6.45) is 3.35. The number of ether oxygens (including phenoxy) is 1. The molecule has 0 amide bonds. The van der Waals surface area contributed by atoms with Gasteiger partial charge in [-0.05, 0) is 24.3 Å². The number of carboxylic acid groups (broad SMARTS) is 1. The van der Waals surface area contributed by atoms with Crippen molar-refractivity contribution in [1.29, 1.82) is 0 Å². The van der Waals surface area contributed by atoms with Gasteiger partial charge in [0, 0.05) is 22.4 Å². The van der Waals surface area contributed by atoms with Gasteiger partial charge in [0.2, 0.25) is 0 Å². The molecule has 0 bridgehead atoms. The number of hydrogen-bond acceptors (Lipinski definition) is 3. The van der Waals surface area contributed by atoms with Crippen LogP contribution in [0.2, 0.25) is 0 Å². The van der Waals surface area contributed by atoms with Crippen LogP contribution in [0.15, 0.2) is 47.2 Å². The Bertz CT molecular complexity index is 557. The highest BCUT2D eigenvalue weighted by Gasteiger charge is 2.11. The topological polar surface area (TPSA) is 59.4 Å². The van der Waals surface area contributed by atoms with Crippen LogP contribution in [-0.4, -0.2) is 16.1 Å². The molecule has 0 aliphatic heterocycles. The summed E-state index contributed by atoms with van der Waals surface area (Å²) in [5.41, 5.74) is 1.02. The molecule has 1 aromatic carbocycles. The fourth-order valence-corrected chi connectivity index (χ4v) is 1.78. The first-order chi connectivity index (χ1) is 8.66. The minimum atomic E-state index is -1.01. The molecule has 0 saturated heterocycles. The number of hydrogen-bond donors (Lipinski definition) is 1. The van der Waals surface area contributed by atoms with Gasteiger partial charge in [0.15, 0.2) is 0 Å². The van der Waals surface area contributed by atoms with E-state index < -0.39 is 5.97 Å². The Labute approximate surface area is 112 Å². The van der Waals surface area contributed by atoms with E-state index in [0.717, 1.165) is 10.0 Å². The second kappa shape index (κ2) is 5.64. The molecule has 2 aromatic rings. The van der Waals surface area contributed by atoms with Gasteiger partial charge in [0.1, 0.15) is 17.9 Å². The summed E-state index contributed by atoms with van der Waals surface area (Å²) in [7, 11) is 0. The molecule has 18 heavy (non-hydrogen) atoms. The highest BCUT2D eigenvalue weighted by Crippen LogP contribution is 2.24. The summed E-state index contributed by atoms with van der Waals surface area (Å²) in [5, 5.41) is 9.05. The van der Waals surface area contributed by atoms with Crippen molar-refractivity contribution in [2.75, 3.05) is 0 Å². The van der Waals surface area contributed by atoms with Crippen LogP contribution < -0.4 is 4.74 Å². The van der Waals surface area contributed by atoms with E-state index in [2.05, 4.69) is 20.9 Å². The van der Waals surface area contributed by atoms with Crippen LogP contribution >= 0.6 is 15.9 Å². The van der Waals surface area contributed by atoms with E-state index >= 15 is 0 Å². The molecule has 0 atom stereocenters. The van der Waals surface area contributed by atoms with E-state index in [9.17, 15) is 4.79 Å². The summed E-state index contributed by atoms with van der Waals surface area (Å²) in [6, 6.07) is 8.48. The van der Waals surface area contributed by atoms with Crippen LogP contribution in [0.25, 0.3) is 0 Å². The Morgan fingerprint density at radius 2 is 2.22 bits per heavy atom. The van der Waals surface area contributed by atoms with Gasteiger partial charge in [-0.1, -0.05) is 22.0 Å². The average Bonchev–Trinajstić information content (AvgIpc) is 2.37. The van der Waals surface area contributed by atoms with E-state index in [1.54, 1.807) is 30.6 Å². The van der Waals surface area contributed by atoms with Crippen LogP contribution in [0.5, 0.6) is 5.75 Å². The Balaban J connectivity index is 2.18. The Morgan fingerprint density at radius 3 is 2.89 bits per heavy atom. The van der Waals surface area contributed by atoms with E-state index in [0.29, 0.717) is 5.75 Å². The molecule has 0 unspecified atom stereocenters. The first-order valence-corrected chi connectivity index (χ1v) is 6.00. The first-order valence-electron chi connectivity index (χ1n) is 5.21. The molecule has 1 N–H and O–H groups in total. The summed E-state index contributed by atoms with van der Waals surface area (Å²) in [4.78, 5) is 15.0. The molecular formula is C13H10BrNO3. The van der Waals surface area contributed by atoms with Crippen LogP contribution in [0.1, 0.15) is 15.9 Å². The van der Waals surface area contributed by atoms with Crippen molar-refractivity contribution in [3.63, 3.8) is 0 Å². The third kappa shape index (κ3) is 3.07. The van der Waals surface area contributed by atoms with Crippen LogP contribution in [0, 0.1) is 0 Å². The molecule has 1 heterocycles. The molecule has 0 saturated carbocycles. The van der Waals surface area contributed by atoms with Crippen molar-refractivity contribution >= 4 is 21.9 Å². The molecule has 0 aliphatic rings. The third-order valence-electron chi connectivity index (χ3n) is 2.29. The van der Waals surface area contributed by atoms with Crippen molar-refractivity contribution in [2.45, 2.75) is 6.61 Å². The lowest BCUT2D eigenvalue weighted by Gasteiger charge is -2.09. The number of carbonyl (C=O) groups is 1. The summed E-state index contributed by atoms with van der Waals surface area (Å²) in [5.74, 6) is -0.676.